The van der Waals surface area contributed by atoms with Crippen LogP contribution in [0.3, 0.4) is 0 Å². The Morgan fingerprint density at radius 1 is 1.03 bits per heavy atom. The molecule has 9 heteroatoms. The number of carbonyl (C=O) groups is 3. The van der Waals surface area contributed by atoms with Gasteiger partial charge in [-0.3, -0.25) is 4.79 Å². The van der Waals surface area contributed by atoms with Gasteiger partial charge in [-0.1, -0.05) is 48.5 Å². The van der Waals surface area contributed by atoms with Crippen LogP contribution < -0.4 is 5.32 Å². The van der Waals surface area contributed by atoms with E-state index >= 15 is 0 Å². The molecule has 1 aliphatic carbocycles. The maximum absolute atomic E-state index is 14.5. The van der Waals surface area contributed by atoms with Crippen LogP contribution >= 0.6 is 0 Å². The normalized spacial score (nSPS) is 17.8. The number of nitrogens with zero attached hydrogens (tertiary/aromatic N) is 1. The number of alkyl carbamates (subject to hydrolysis) is 1. The molecule has 0 radical (unpaired) electrons. The molecule has 1 atom stereocenters. The van der Waals surface area contributed by atoms with E-state index in [1.54, 1.807) is 0 Å². The fourth-order valence-corrected chi connectivity index (χ4v) is 4.55. The van der Waals surface area contributed by atoms with Crippen molar-refractivity contribution in [2.75, 3.05) is 19.7 Å². The zero-order valence-electron chi connectivity index (χ0n) is 17.8. The molecule has 2 N–H and O–H groups in total. The predicted molar refractivity (Wildman–Crippen MR) is 115 cm³/mol. The predicted octanol–water partition coefficient (Wildman–Crippen LogP) is 3.63. The summed E-state index contributed by atoms with van der Waals surface area (Å²) < 4.78 is 34.2. The van der Waals surface area contributed by atoms with Crippen molar-refractivity contribution in [3.8, 4) is 11.1 Å². The number of aliphatic carboxylic acids is 1. The number of fused-ring (bicyclic) bond motifs is 3. The Labute approximate surface area is 189 Å². The van der Waals surface area contributed by atoms with Gasteiger partial charge in [0.05, 0.1) is 6.54 Å². The molecule has 7 nitrogen and oxygen atoms in total. The second kappa shape index (κ2) is 9.17. The Kier molecular flexibility index (Phi) is 6.31. The zero-order chi connectivity index (χ0) is 23.6. The second-order valence-electron chi connectivity index (χ2n) is 8.23. The van der Waals surface area contributed by atoms with E-state index in [2.05, 4.69) is 0 Å². The number of rotatable bonds is 6. The highest BCUT2D eigenvalue weighted by Crippen LogP contribution is 2.44. The van der Waals surface area contributed by atoms with Crippen LogP contribution in [0, 0.1) is 0 Å². The van der Waals surface area contributed by atoms with Crippen LogP contribution in [0.4, 0.5) is 13.6 Å². The van der Waals surface area contributed by atoms with E-state index in [0.29, 0.717) is 17.7 Å². The number of hydrogen-bond acceptors (Lipinski definition) is 4. The Bertz CT molecular complexity index is 1030. The van der Waals surface area contributed by atoms with Gasteiger partial charge >= 0.3 is 18.0 Å². The molecule has 0 saturated carbocycles. The van der Waals surface area contributed by atoms with Crippen molar-refractivity contribution in [1.29, 1.82) is 0 Å². The van der Waals surface area contributed by atoms with Gasteiger partial charge in [-0.05, 0) is 41.5 Å². The van der Waals surface area contributed by atoms with Crippen LogP contribution in [-0.2, 0) is 14.3 Å². The van der Waals surface area contributed by atoms with Gasteiger partial charge in [0.25, 0.3) is 5.91 Å². The number of carbonyl (C=O) groups excluding carboxylic acids is 2. The van der Waals surface area contributed by atoms with Gasteiger partial charge < -0.3 is 20.1 Å². The third-order valence-electron chi connectivity index (χ3n) is 6.16. The molecule has 1 saturated heterocycles. The minimum absolute atomic E-state index is 0.0490. The minimum atomic E-state index is -3.95. The average Bonchev–Trinajstić information content (AvgIpc) is 3.14. The number of carboxylic acid groups (broad SMARTS) is 1. The average molecular weight is 458 g/mol. The van der Waals surface area contributed by atoms with Crippen molar-refractivity contribution < 1.29 is 33.0 Å². The summed E-state index contributed by atoms with van der Waals surface area (Å²) in [7, 11) is 0. The van der Waals surface area contributed by atoms with Crippen LogP contribution in [0.15, 0.2) is 48.5 Å². The van der Waals surface area contributed by atoms with Gasteiger partial charge in [0.2, 0.25) is 0 Å². The Hall–Kier alpha value is -3.49. The summed E-state index contributed by atoms with van der Waals surface area (Å²) in [5.74, 6) is -7.09. The summed E-state index contributed by atoms with van der Waals surface area (Å²) in [6, 6.07) is 14.1. The summed E-state index contributed by atoms with van der Waals surface area (Å²) in [6.45, 7) is -1.38. The van der Waals surface area contributed by atoms with Crippen LogP contribution in [-0.4, -0.2) is 59.6 Å². The number of alkyl halides is 2. The molecular weight excluding hydrogens is 434 g/mol. The summed E-state index contributed by atoms with van der Waals surface area (Å²) in [5.41, 5.74) is 4.04. The number of likely N-dealkylation sites (tertiary alicyclic amines) is 1. The Balaban J connectivity index is 1.36. The van der Waals surface area contributed by atoms with Crippen molar-refractivity contribution in [3.63, 3.8) is 0 Å². The second-order valence-corrected chi connectivity index (χ2v) is 8.23. The van der Waals surface area contributed by atoms with Crippen LogP contribution in [0.5, 0.6) is 0 Å². The van der Waals surface area contributed by atoms with E-state index in [4.69, 9.17) is 4.74 Å². The van der Waals surface area contributed by atoms with Gasteiger partial charge in [0, 0.05) is 12.5 Å². The van der Waals surface area contributed by atoms with E-state index in [-0.39, 0.29) is 25.5 Å². The van der Waals surface area contributed by atoms with Gasteiger partial charge in [-0.15, -0.1) is 0 Å². The van der Waals surface area contributed by atoms with Crippen LogP contribution in [0.25, 0.3) is 11.1 Å². The Morgan fingerprint density at radius 3 is 2.24 bits per heavy atom. The van der Waals surface area contributed by atoms with Gasteiger partial charge in [0.15, 0.2) is 0 Å². The number of benzene rings is 2. The maximum atomic E-state index is 14.5. The third-order valence-corrected chi connectivity index (χ3v) is 6.16. The minimum Gasteiger partial charge on any atom is -0.480 e. The molecule has 1 fully saturated rings. The molecule has 4 rings (SSSR count). The summed E-state index contributed by atoms with van der Waals surface area (Å²) in [4.78, 5) is 36.5. The molecule has 2 aromatic rings. The fourth-order valence-electron chi connectivity index (χ4n) is 4.55. The van der Waals surface area contributed by atoms with Crippen molar-refractivity contribution in [1.82, 2.24) is 10.2 Å². The van der Waals surface area contributed by atoms with Gasteiger partial charge in [-0.25, -0.2) is 9.59 Å². The number of carboxylic acids is 1. The van der Waals surface area contributed by atoms with Crippen LogP contribution in [0.2, 0.25) is 0 Å². The zero-order valence-corrected chi connectivity index (χ0v) is 17.8. The molecule has 0 spiro atoms. The standard InChI is InChI=1S/C24H24F2N2O5/c25-24(26,22(31)28-12-6-5-11-20(28)21(29)30)14-27-23(32)33-13-19-17-9-3-1-7-15(17)16-8-2-4-10-18(16)19/h1-4,7-10,19-20H,5-6,11-14H2,(H,27,32)(H,29,30)/t20-/m1/s1. The van der Waals surface area contributed by atoms with E-state index in [1.165, 1.54) is 0 Å². The largest absolute Gasteiger partial charge is 0.480 e. The van der Waals surface area contributed by atoms with Crippen molar-refractivity contribution in [2.45, 2.75) is 37.1 Å². The van der Waals surface area contributed by atoms with E-state index in [0.717, 1.165) is 22.3 Å². The first-order valence-electron chi connectivity index (χ1n) is 10.8. The summed E-state index contributed by atoms with van der Waals surface area (Å²) >= 11 is 0. The molecule has 174 valence electrons. The Morgan fingerprint density at radius 2 is 1.64 bits per heavy atom. The highest BCUT2D eigenvalue weighted by atomic mass is 19.3. The molecular formula is C24H24F2N2O5. The highest BCUT2D eigenvalue weighted by molar-refractivity contribution is 5.89. The number of amides is 2. The number of piperidine rings is 1. The number of nitrogens with one attached hydrogen (secondary N) is 1. The quantitative estimate of drug-likeness (QED) is 0.689. The topological polar surface area (TPSA) is 95.9 Å². The molecule has 0 aromatic heterocycles. The molecule has 2 aliphatic rings. The molecule has 2 amide bonds. The maximum Gasteiger partial charge on any atom is 0.407 e. The van der Waals surface area contributed by atoms with Crippen molar-refractivity contribution in [2.24, 2.45) is 0 Å². The van der Waals surface area contributed by atoms with Gasteiger partial charge in [-0.2, -0.15) is 8.78 Å². The SMILES string of the molecule is O=C(NCC(F)(F)C(=O)N1CCCC[C@@H]1C(=O)O)OCC1c2ccccc2-c2ccccc21. The summed E-state index contributed by atoms with van der Waals surface area (Å²) in [6.07, 6.45) is 0.0462. The molecule has 0 unspecified atom stereocenters. The van der Waals surface area contributed by atoms with Gasteiger partial charge in [0.1, 0.15) is 12.6 Å². The monoisotopic (exact) mass is 458 g/mol. The van der Waals surface area contributed by atoms with Crippen LogP contribution in [0.1, 0.15) is 36.3 Å². The summed E-state index contributed by atoms with van der Waals surface area (Å²) in [5, 5.41) is 11.2. The molecule has 2 aromatic carbocycles. The van der Waals surface area contributed by atoms with Crippen molar-refractivity contribution in [3.05, 3.63) is 59.7 Å². The van der Waals surface area contributed by atoms with E-state index in [9.17, 15) is 28.3 Å². The van der Waals surface area contributed by atoms with E-state index < -0.39 is 36.5 Å². The molecule has 1 aliphatic heterocycles. The highest BCUT2D eigenvalue weighted by Gasteiger charge is 2.46. The number of halogens is 2. The fraction of sp³-hybridized carbons (Fsp3) is 0.375. The lowest BCUT2D eigenvalue weighted by Crippen LogP contribution is -2.56. The van der Waals surface area contributed by atoms with E-state index in [1.807, 2.05) is 53.8 Å². The first kappa shape index (κ1) is 22.7. The number of ether oxygens (including phenoxy) is 1. The molecule has 0 bridgehead atoms. The first-order valence-corrected chi connectivity index (χ1v) is 10.8. The van der Waals surface area contributed by atoms with Crippen molar-refractivity contribution >= 4 is 18.0 Å². The lowest BCUT2D eigenvalue weighted by atomic mass is 9.98. The molecule has 1 heterocycles. The lowest BCUT2D eigenvalue weighted by Gasteiger charge is -2.35. The number of hydrogen-bond donors (Lipinski definition) is 2. The molecule has 33 heavy (non-hydrogen) atoms. The lowest BCUT2D eigenvalue weighted by molar-refractivity contribution is -0.166. The third kappa shape index (κ3) is 4.53. The smallest absolute Gasteiger partial charge is 0.407 e. The first-order chi connectivity index (χ1) is 15.8.